The van der Waals surface area contributed by atoms with Gasteiger partial charge in [-0.1, -0.05) is 36.4 Å². The molecule has 1 heterocycles. The van der Waals surface area contributed by atoms with E-state index >= 15 is 0 Å². The van der Waals surface area contributed by atoms with Crippen molar-refractivity contribution in [3.63, 3.8) is 0 Å². The van der Waals surface area contributed by atoms with E-state index in [0.717, 1.165) is 5.52 Å². The molecule has 3 aromatic rings. The molecular weight excluding hydrogens is 276 g/mol. The predicted molar refractivity (Wildman–Crippen MR) is 90.9 cm³/mol. The lowest BCUT2D eigenvalue weighted by Gasteiger charge is -2.20. The number of pyridine rings is 1. The molecule has 1 unspecified atom stereocenters. The van der Waals surface area contributed by atoms with Gasteiger partial charge >= 0.3 is 0 Å². The van der Waals surface area contributed by atoms with E-state index in [1.807, 2.05) is 19.3 Å². The zero-order chi connectivity index (χ0) is 14.7. The van der Waals surface area contributed by atoms with E-state index in [1.54, 1.807) is 11.8 Å². The van der Waals surface area contributed by atoms with Gasteiger partial charge in [0.05, 0.1) is 11.6 Å². The summed E-state index contributed by atoms with van der Waals surface area (Å²) in [4.78, 5) is 5.77. The van der Waals surface area contributed by atoms with E-state index in [4.69, 9.17) is 0 Å². The third-order valence-corrected chi connectivity index (χ3v) is 4.51. The smallest absolute Gasteiger partial charge is 0.0705 e. The SMILES string of the molecule is CNC(c1ccc2cccnc2c1)c1ccccc1SC. The van der Waals surface area contributed by atoms with Crippen molar-refractivity contribution in [2.24, 2.45) is 0 Å². The molecular formula is C18H18N2S. The second kappa shape index (κ2) is 6.29. The average Bonchev–Trinajstić information content (AvgIpc) is 2.56. The maximum Gasteiger partial charge on any atom is 0.0705 e. The van der Waals surface area contributed by atoms with Crippen LogP contribution in [0, 0.1) is 0 Å². The zero-order valence-electron chi connectivity index (χ0n) is 12.2. The van der Waals surface area contributed by atoms with E-state index in [1.165, 1.54) is 21.4 Å². The van der Waals surface area contributed by atoms with E-state index in [-0.39, 0.29) is 6.04 Å². The first kappa shape index (κ1) is 14.1. The average molecular weight is 294 g/mol. The highest BCUT2D eigenvalue weighted by molar-refractivity contribution is 7.98. The van der Waals surface area contributed by atoms with Gasteiger partial charge in [0, 0.05) is 16.5 Å². The Kier molecular flexibility index (Phi) is 4.23. The van der Waals surface area contributed by atoms with Crippen LogP contribution in [0.1, 0.15) is 17.2 Å². The minimum Gasteiger partial charge on any atom is -0.309 e. The number of nitrogens with zero attached hydrogens (tertiary/aromatic N) is 1. The van der Waals surface area contributed by atoms with Crippen LogP contribution in [0.5, 0.6) is 0 Å². The molecule has 0 aliphatic carbocycles. The third-order valence-electron chi connectivity index (χ3n) is 3.70. The predicted octanol–water partition coefficient (Wildman–Crippen LogP) is 4.27. The van der Waals surface area contributed by atoms with Gasteiger partial charge in [0.15, 0.2) is 0 Å². The van der Waals surface area contributed by atoms with Gasteiger partial charge < -0.3 is 5.32 Å². The topological polar surface area (TPSA) is 24.9 Å². The molecule has 1 atom stereocenters. The lowest BCUT2D eigenvalue weighted by Crippen LogP contribution is -2.18. The minimum atomic E-state index is 0.181. The zero-order valence-corrected chi connectivity index (χ0v) is 13.0. The van der Waals surface area contributed by atoms with Crippen LogP contribution in [0.2, 0.25) is 0 Å². The molecule has 3 heteroatoms. The van der Waals surface area contributed by atoms with Crippen LogP contribution >= 0.6 is 11.8 Å². The number of hydrogen-bond acceptors (Lipinski definition) is 3. The summed E-state index contributed by atoms with van der Waals surface area (Å²) in [6.07, 6.45) is 3.96. The van der Waals surface area contributed by atoms with Gasteiger partial charge in [0.1, 0.15) is 0 Å². The summed E-state index contributed by atoms with van der Waals surface area (Å²) >= 11 is 1.78. The van der Waals surface area contributed by atoms with Crippen molar-refractivity contribution < 1.29 is 0 Å². The Morgan fingerprint density at radius 1 is 1.05 bits per heavy atom. The van der Waals surface area contributed by atoms with E-state index in [2.05, 4.69) is 65.1 Å². The molecule has 0 aliphatic rings. The van der Waals surface area contributed by atoms with Gasteiger partial charge in [-0.3, -0.25) is 4.98 Å². The molecule has 0 spiro atoms. The van der Waals surface area contributed by atoms with Crippen molar-refractivity contribution in [3.05, 3.63) is 71.9 Å². The number of hydrogen-bond donors (Lipinski definition) is 1. The van der Waals surface area contributed by atoms with Crippen LogP contribution in [-0.2, 0) is 0 Å². The lowest BCUT2D eigenvalue weighted by molar-refractivity contribution is 0.681. The molecule has 0 amide bonds. The molecule has 0 aliphatic heterocycles. The maximum absolute atomic E-state index is 4.46. The van der Waals surface area contributed by atoms with Gasteiger partial charge in [0.2, 0.25) is 0 Å². The summed E-state index contributed by atoms with van der Waals surface area (Å²) in [5, 5.41) is 4.61. The van der Waals surface area contributed by atoms with Crippen LogP contribution < -0.4 is 5.32 Å². The summed E-state index contributed by atoms with van der Waals surface area (Å²) in [5.41, 5.74) is 3.59. The fourth-order valence-corrected chi connectivity index (χ4v) is 3.31. The van der Waals surface area contributed by atoms with Crippen molar-refractivity contribution in [2.45, 2.75) is 10.9 Å². The highest BCUT2D eigenvalue weighted by Crippen LogP contribution is 2.31. The Hall–Kier alpha value is -1.84. The van der Waals surface area contributed by atoms with Crippen molar-refractivity contribution >= 4 is 22.7 Å². The monoisotopic (exact) mass is 294 g/mol. The number of rotatable bonds is 4. The highest BCUT2D eigenvalue weighted by atomic mass is 32.2. The second-order valence-electron chi connectivity index (χ2n) is 4.92. The second-order valence-corrected chi connectivity index (χ2v) is 5.77. The van der Waals surface area contributed by atoms with Gasteiger partial charge in [0.25, 0.3) is 0 Å². The first-order chi connectivity index (χ1) is 10.3. The van der Waals surface area contributed by atoms with Crippen LogP contribution in [-0.4, -0.2) is 18.3 Å². The van der Waals surface area contributed by atoms with Crippen molar-refractivity contribution in [3.8, 4) is 0 Å². The highest BCUT2D eigenvalue weighted by Gasteiger charge is 2.15. The van der Waals surface area contributed by atoms with E-state index in [9.17, 15) is 0 Å². The largest absolute Gasteiger partial charge is 0.309 e. The van der Waals surface area contributed by atoms with Crippen LogP contribution in [0.3, 0.4) is 0 Å². The quantitative estimate of drug-likeness (QED) is 0.728. The molecule has 0 fully saturated rings. The molecule has 0 radical (unpaired) electrons. The fourth-order valence-electron chi connectivity index (χ4n) is 2.67. The third kappa shape index (κ3) is 2.80. The molecule has 0 bridgehead atoms. The van der Waals surface area contributed by atoms with Gasteiger partial charge in [-0.05, 0) is 42.6 Å². The summed E-state index contributed by atoms with van der Waals surface area (Å²) in [7, 11) is 2.00. The van der Waals surface area contributed by atoms with Crippen molar-refractivity contribution in [1.82, 2.24) is 10.3 Å². The van der Waals surface area contributed by atoms with Crippen molar-refractivity contribution in [2.75, 3.05) is 13.3 Å². The number of benzene rings is 2. The molecule has 21 heavy (non-hydrogen) atoms. The number of nitrogens with one attached hydrogen (secondary N) is 1. The summed E-state index contributed by atoms with van der Waals surface area (Å²) in [5.74, 6) is 0. The molecule has 2 aromatic carbocycles. The molecule has 0 saturated carbocycles. The molecule has 0 saturated heterocycles. The summed E-state index contributed by atoms with van der Waals surface area (Å²) < 4.78 is 0. The Morgan fingerprint density at radius 3 is 2.71 bits per heavy atom. The Balaban J connectivity index is 2.09. The lowest BCUT2D eigenvalue weighted by atomic mass is 9.97. The van der Waals surface area contributed by atoms with Gasteiger partial charge in [-0.15, -0.1) is 11.8 Å². The normalized spacial score (nSPS) is 12.5. The standard InChI is InChI=1S/C18H18N2S/c1-19-18(15-7-3-4-8-17(15)21-2)14-10-9-13-6-5-11-20-16(13)12-14/h3-12,18-19H,1-2H3. The van der Waals surface area contributed by atoms with Gasteiger partial charge in [-0.25, -0.2) is 0 Å². The summed E-state index contributed by atoms with van der Waals surface area (Å²) in [6.45, 7) is 0. The Morgan fingerprint density at radius 2 is 1.90 bits per heavy atom. The van der Waals surface area contributed by atoms with E-state index < -0.39 is 0 Å². The molecule has 106 valence electrons. The maximum atomic E-state index is 4.46. The number of aromatic nitrogens is 1. The van der Waals surface area contributed by atoms with E-state index in [0.29, 0.717) is 0 Å². The Bertz CT molecular complexity index is 755. The van der Waals surface area contributed by atoms with Crippen molar-refractivity contribution in [1.29, 1.82) is 0 Å². The number of fused-ring (bicyclic) bond motifs is 1. The first-order valence-electron chi connectivity index (χ1n) is 6.98. The van der Waals surface area contributed by atoms with Crippen LogP contribution in [0.4, 0.5) is 0 Å². The first-order valence-corrected chi connectivity index (χ1v) is 8.21. The molecule has 1 N–H and O–H groups in total. The van der Waals surface area contributed by atoms with Crippen LogP contribution in [0.25, 0.3) is 10.9 Å². The van der Waals surface area contributed by atoms with Crippen LogP contribution in [0.15, 0.2) is 65.7 Å². The molecule has 2 nitrogen and oxygen atoms in total. The number of thioether (sulfide) groups is 1. The van der Waals surface area contributed by atoms with Gasteiger partial charge in [-0.2, -0.15) is 0 Å². The minimum absolute atomic E-state index is 0.181. The Labute approximate surface area is 129 Å². The fraction of sp³-hybridized carbons (Fsp3) is 0.167. The molecule has 1 aromatic heterocycles. The summed E-state index contributed by atoms with van der Waals surface area (Å²) in [6, 6.07) is 19.3. The molecule has 3 rings (SSSR count).